The molecule has 2 heteroatoms. The van der Waals surface area contributed by atoms with Crippen LogP contribution in [0.25, 0.3) is 0 Å². The molecule has 17 heavy (non-hydrogen) atoms. The molecular formula is C15H22N2. The van der Waals surface area contributed by atoms with Crippen LogP contribution in [0.2, 0.25) is 0 Å². The molecule has 1 aliphatic heterocycles. The molecular weight excluding hydrogens is 208 g/mol. The Labute approximate surface area is 104 Å². The molecule has 2 aliphatic rings. The summed E-state index contributed by atoms with van der Waals surface area (Å²) in [5.41, 5.74) is 10.5. The number of hydrogen-bond acceptors (Lipinski definition) is 2. The largest absolute Gasteiger partial charge is 0.371 e. The van der Waals surface area contributed by atoms with Crippen molar-refractivity contribution in [2.75, 3.05) is 24.5 Å². The summed E-state index contributed by atoms with van der Waals surface area (Å²) < 4.78 is 0. The fourth-order valence-electron chi connectivity index (χ4n) is 3.40. The first-order valence-electron chi connectivity index (χ1n) is 6.97. The summed E-state index contributed by atoms with van der Waals surface area (Å²) in [6, 6.07) is 6.81. The molecule has 92 valence electrons. The smallest absolute Gasteiger partial charge is 0.0401 e. The number of benzene rings is 1. The third-order valence-electron chi connectivity index (χ3n) is 4.35. The van der Waals surface area contributed by atoms with E-state index in [0.29, 0.717) is 5.92 Å². The Morgan fingerprint density at radius 2 is 2.00 bits per heavy atom. The van der Waals surface area contributed by atoms with E-state index in [4.69, 9.17) is 5.73 Å². The zero-order valence-electron chi connectivity index (χ0n) is 10.5. The molecule has 0 bridgehead atoms. The summed E-state index contributed by atoms with van der Waals surface area (Å²) >= 11 is 0. The van der Waals surface area contributed by atoms with Crippen LogP contribution in [0.15, 0.2) is 18.2 Å². The van der Waals surface area contributed by atoms with Crippen LogP contribution in [0.3, 0.4) is 0 Å². The van der Waals surface area contributed by atoms with Crippen molar-refractivity contribution >= 4 is 5.69 Å². The van der Waals surface area contributed by atoms with E-state index >= 15 is 0 Å². The molecule has 0 radical (unpaired) electrons. The predicted octanol–water partition coefficient (Wildman–Crippen LogP) is 2.67. The van der Waals surface area contributed by atoms with Gasteiger partial charge >= 0.3 is 0 Å². The van der Waals surface area contributed by atoms with Gasteiger partial charge in [-0.15, -0.1) is 0 Å². The van der Waals surface area contributed by atoms with Crippen LogP contribution in [0, 0.1) is 0 Å². The van der Waals surface area contributed by atoms with Gasteiger partial charge in [0, 0.05) is 18.8 Å². The summed E-state index contributed by atoms with van der Waals surface area (Å²) in [4.78, 5) is 2.58. The molecule has 2 N–H and O–H groups in total. The minimum absolute atomic E-state index is 0.606. The van der Waals surface area contributed by atoms with E-state index in [1.54, 1.807) is 5.56 Å². The Bertz CT molecular complexity index is 394. The fourth-order valence-corrected chi connectivity index (χ4v) is 3.40. The van der Waals surface area contributed by atoms with Gasteiger partial charge < -0.3 is 10.6 Å². The van der Waals surface area contributed by atoms with Crippen molar-refractivity contribution in [2.45, 2.75) is 38.0 Å². The van der Waals surface area contributed by atoms with Crippen LogP contribution < -0.4 is 10.6 Å². The lowest BCUT2D eigenvalue weighted by atomic mass is 10.00. The van der Waals surface area contributed by atoms with E-state index in [9.17, 15) is 0 Å². The molecule has 1 aromatic rings. The van der Waals surface area contributed by atoms with Gasteiger partial charge in [-0.1, -0.05) is 12.1 Å². The van der Waals surface area contributed by atoms with Gasteiger partial charge in [0.15, 0.2) is 0 Å². The predicted molar refractivity (Wildman–Crippen MR) is 72.6 cm³/mol. The molecule has 2 nitrogen and oxygen atoms in total. The van der Waals surface area contributed by atoms with Crippen LogP contribution >= 0.6 is 0 Å². The molecule has 1 aromatic carbocycles. The van der Waals surface area contributed by atoms with Gasteiger partial charge in [-0.25, -0.2) is 0 Å². The summed E-state index contributed by atoms with van der Waals surface area (Å²) in [5, 5.41) is 0. The van der Waals surface area contributed by atoms with E-state index in [2.05, 4.69) is 23.1 Å². The Hall–Kier alpha value is -1.02. The van der Waals surface area contributed by atoms with Crippen molar-refractivity contribution < 1.29 is 0 Å². The highest BCUT2D eigenvalue weighted by Gasteiger charge is 2.25. The quantitative estimate of drug-likeness (QED) is 0.846. The Balaban J connectivity index is 1.93. The fraction of sp³-hybridized carbons (Fsp3) is 0.600. The van der Waals surface area contributed by atoms with E-state index < -0.39 is 0 Å². The second-order valence-corrected chi connectivity index (χ2v) is 5.36. The highest BCUT2D eigenvalue weighted by Crippen LogP contribution is 2.38. The number of piperidine rings is 1. The summed E-state index contributed by atoms with van der Waals surface area (Å²) in [6.45, 7) is 3.28. The van der Waals surface area contributed by atoms with Crippen LogP contribution in [0.4, 0.5) is 5.69 Å². The SMILES string of the molecule is NCC1CCc2c1cccc2N1CCCCC1. The summed E-state index contributed by atoms with van der Waals surface area (Å²) in [7, 11) is 0. The van der Waals surface area contributed by atoms with Crippen molar-refractivity contribution in [1.82, 2.24) is 0 Å². The topological polar surface area (TPSA) is 29.3 Å². The van der Waals surface area contributed by atoms with Gasteiger partial charge in [-0.2, -0.15) is 0 Å². The Morgan fingerprint density at radius 1 is 1.18 bits per heavy atom. The monoisotopic (exact) mass is 230 g/mol. The lowest BCUT2D eigenvalue weighted by molar-refractivity contribution is 0.576. The van der Waals surface area contributed by atoms with Gasteiger partial charge in [0.2, 0.25) is 0 Å². The molecule has 1 saturated heterocycles. The first kappa shape index (κ1) is 11.1. The highest BCUT2D eigenvalue weighted by molar-refractivity contribution is 5.59. The Morgan fingerprint density at radius 3 is 2.76 bits per heavy atom. The van der Waals surface area contributed by atoms with Crippen molar-refractivity contribution in [1.29, 1.82) is 0 Å². The Kier molecular flexibility index (Phi) is 3.06. The standard InChI is InChI=1S/C15H22N2/c16-11-12-7-8-14-13(12)5-4-6-15(14)17-9-2-1-3-10-17/h4-6,12H,1-3,7-11,16H2. The average molecular weight is 230 g/mol. The van der Waals surface area contributed by atoms with E-state index in [-0.39, 0.29) is 0 Å². The number of nitrogens with zero attached hydrogens (tertiary/aromatic N) is 1. The van der Waals surface area contributed by atoms with Gasteiger partial charge in [0.05, 0.1) is 0 Å². The number of fused-ring (bicyclic) bond motifs is 1. The van der Waals surface area contributed by atoms with Crippen LogP contribution in [0.1, 0.15) is 42.7 Å². The second-order valence-electron chi connectivity index (χ2n) is 5.36. The summed E-state index contributed by atoms with van der Waals surface area (Å²) in [6.07, 6.45) is 6.57. The maximum absolute atomic E-state index is 5.86. The zero-order valence-corrected chi connectivity index (χ0v) is 10.5. The minimum Gasteiger partial charge on any atom is -0.371 e. The number of anilines is 1. The third-order valence-corrected chi connectivity index (χ3v) is 4.35. The number of rotatable bonds is 2. The van der Waals surface area contributed by atoms with Crippen molar-refractivity contribution in [2.24, 2.45) is 5.73 Å². The van der Waals surface area contributed by atoms with E-state index in [1.165, 1.54) is 56.4 Å². The second kappa shape index (κ2) is 4.69. The first-order chi connectivity index (χ1) is 8.40. The third kappa shape index (κ3) is 1.95. The number of nitrogens with two attached hydrogens (primary N) is 1. The molecule has 1 aliphatic carbocycles. The van der Waals surface area contributed by atoms with Gasteiger partial charge in [0.1, 0.15) is 0 Å². The molecule has 1 fully saturated rings. The average Bonchev–Trinajstić information content (AvgIpc) is 2.82. The molecule has 0 spiro atoms. The lowest BCUT2D eigenvalue weighted by Gasteiger charge is -2.30. The molecule has 1 heterocycles. The van der Waals surface area contributed by atoms with Crippen LogP contribution in [-0.4, -0.2) is 19.6 Å². The lowest BCUT2D eigenvalue weighted by Crippen LogP contribution is -2.30. The molecule has 0 aromatic heterocycles. The van der Waals surface area contributed by atoms with Gasteiger partial charge in [0.25, 0.3) is 0 Å². The molecule has 0 saturated carbocycles. The van der Waals surface area contributed by atoms with E-state index in [0.717, 1.165) is 6.54 Å². The maximum atomic E-state index is 5.86. The maximum Gasteiger partial charge on any atom is 0.0401 e. The van der Waals surface area contributed by atoms with Gasteiger partial charge in [-0.3, -0.25) is 0 Å². The normalized spacial score (nSPS) is 23.8. The number of hydrogen-bond donors (Lipinski definition) is 1. The van der Waals surface area contributed by atoms with E-state index in [1.807, 2.05) is 0 Å². The minimum atomic E-state index is 0.606. The summed E-state index contributed by atoms with van der Waals surface area (Å²) in [5.74, 6) is 0.606. The molecule has 1 unspecified atom stereocenters. The first-order valence-corrected chi connectivity index (χ1v) is 6.97. The molecule has 3 rings (SSSR count). The van der Waals surface area contributed by atoms with Crippen molar-refractivity contribution in [3.05, 3.63) is 29.3 Å². The van der Waals surface area contributed by atoms with Crippen molar-refractivity contribution in [3.8, 4) is 0 Å². The highest BCUT2D eigenvalue weighted by atomic mass is 15.1. The molecule has 0 amide bonds. The van der Waals surface area contributed by atoms with Crippen LogP contribution in [-0.2, 0) is 6.42 Å². The zero-order chi connectivity index (χ0) is 11.7. The van der Waals surface area contributed by atoms with Gasteiger partial charge in [-0.05, 0) is 61.8 Å². The van der Waals surface area contributed by atoms with Crippen molar-refractivity contribution in [3.63, 3.8) is 0 Å². The molecule has 1 atom stereocenters. The van der Waals surface area contributed by atoms with Crippen LogP contribution in [0.5, 0.6) is 0 Å².